The van der Waals surface area contributed by atoms with Gasteiger partial charge in [0.1, 0.15) is 17.6 Å². The molecule has 1 aromatic carbocycles. The minimum Gasteiger partial charge on any atom is -0.351 e. The van der Waals surface area contributed by atoms with Gasteiger partial charge in [0, 0.05) is 17.4 Å². The normalized spacial score (nSPS) is 15.1. The quantitative estimate of drug-likeness (QED) is 0.618. The first-order valence-corrected chi connectivity index (χ1v) is 9.55. The smallest absolute Gasteiger partial charge is 0.351 e. The van der Waals surface area contributed by atoms with Crippen LogP contribution in [0.4, 0.5) is 17.6 Å². The van der Waals surface area contributed by atoms with E-state index in [0.29, 0.717) is 28.7 Å². The number of benzene rings is 1. The first-order chi connectivity index (χ1) is 14.6. The Morgan fingerprint density at radius 2 is 2.00 bits per heavy atom. The molecule has 1 atom stereocenters. The summed E-state index contributed by atoms with van der Waals surface area (Å²) in [6.07, 6.45) is -3.37. The number of H-pyrrole nitrogens is 1. The van der Waals surface area contributed by atoms with Crippen LogP contribution in [0.15, 0.2) is 24.4 Å². The Morgan fingerprint density at radius 3 is 2.71 bits per heavy atom. The highest BCUT2D eigenvalue weighted by atomic mass is 19.4. The van der Waals surface area contributed by atoms with Crippen LogP contribution in [0, 0.1) is 12.7 Å². The molecule has 1 unspecified atom stereocenters. The molecule has 3 aromatic rings. The average Bonchev–Trinajstić information content (AvgIpc) is 3.33. The van der Waals surface area contributed by atoms with Crippen molar-refractivity contribution in [3.8, 4) is 0 Å². The molecule has 0 fully saturated rings. The van der Waals surface area contributed by atoms with Gasteiger partial charge in [0.15, 0.2) is 0 Å². The van der Waals surface area contributed by atoms with E-state index < -0.39 is 18.1 Å². The lowest BCUT2D eigenvalue weighted by molar-refractivity contribution is -0.149. The number of nitrogens with zero attached hydrogens (tertiary/aromatic N) is 3. The standard InChI is InChI=1S/C20H19F4N5O2/c1-10-12-7-16(27-15(12)4-3-14(10)21)19(31)28-5-6-29-17(9-28)13(8-25-29)18(30)26-11(2)20(22,23)24/h3-4,7-8,11,27H,5-6,9H2,1-2H3,(H,26,30). The molecule has 31 heavy (non-hydrogen) atoms. The summed E-state index contributed by atoms with van der Waals surface area (Å²) in [5.74, 6) is -1.65. The Balaban J connectivity index is 1.56. The molecule has 3 heterocycles. The van der Waals surface area contributed by atoms with E-state index in [4.69, 9.17) is 0 Å². The SMILES string of the molecule is Cc1c(F)ccc2[nH]c(C(=O)N3CCn4ncc(C(=O)NC(C)C(F)(F)F)c4C3)cc12. The monoisotopic (exact) mass is 437 g/mol. The van der Waals surface area contributed by atoms with Crippen molar-refractivity contribution in [3.05, 3.63) is 52.7 Å². The summed E-state index contributed by atoms with van der Waals surface area (Å²) < 4.78 is 53.6. The zero-order chi connectivity index (χ0) is 22.5. The maximum absolute atomic E-state index is 13.8. The number of rotatable bonds is 3. The predicted octanol–water partition coefficient (Wildman–Crippen LogP) is 3.15. The van der Waals surface area contributed by atoms with E-state index in [1.54, 1.807) is 19.1 Å². The number of aryl methyl sites for hydroxylation is 1. The fraction of sp³-hybridized carbons (Fsp3) is 0.350. The first-order valence-electron chi connectivity index (χ1n) is 9.55. The molecular formula is C20H19F4N5O2. The van der Waals surface area contributed by atoms with Crippen molar-refractivity contribution in [2.75, 3.05) is 6.54 Å². The highest BCUT2D eigenvalue weighted by molar-refractivity contribution is 5.99. The molecule has 2 N–H and O–H groups in total. The van der Waals surface area contributed by atoms with Crippen LogP contribution in [-0.4, -0.2) is 50.2 Å². The Labute approximate surface area is 174 Å². The molecular weight excluding hydrogens is 418 g/mol. The van der Waals surface area contributed by atoms with Crippen molar-refractivity contribution in [3.63, 3.8) is 0 Å². The van der Waals surface area contributed by atoms with E-state index in [0.717, 1.165) is 6.92 Å². The van der Waals surface area contributed by atoms with E-state index in [9.17, 15) is 27.2 Å². The summed E-state index contributed by atoms with van der Waals surface area (Å²) in [6.45, 7) is 3.06. The molecule has 11 heteroatoms. The number of fused-ring (bicyclic) bond motifs is 2. The van der Waals surface area contributed by atoms with Crippen molar-refractivity contribution < 1.29 is 27.2 Å². The maximum atomic E-state index is 13.8. The van der Waals surface area contributed by atoms with Crippen LogP contribution in [0.2, 0.25) is 0 Å². The summed E-state index contributed by atoms with van der Waals surface area (Å²) in [5, 5.41) is 6.56. The molecule has 0 aliphatic carbocycles. The van der Waals surface area contributed by atoms with E-state index in [2.05, 4.69) is 10.1 Å². The molecule has 0 saturated heterocycles. The topological polar surface area (TPSA) is 83.0 Å². The molecule has 164 valence electrons. The van der Waals surface area contributed by atoms with Gasteiger partial charge in [0.25, 0.3) is 11.8 Å². The van der Waals surface area contributed by atoms with Gasteiger partial charge in [-0.25, -0.2) is 4.39 Å². The maximum Gasteiger partial charge on any atom is 0.408 e. The van der Waals surface area contributed by atoms with Gasteiger partial charge in [-0.1, -0.05) is 0 Å². The van der Waals surface area contributed by atoms with Crippen molar-refractivity contribution in [2.24, 2.45) is 0 Å². The van der Waals surface area contributed by atoms with E-state index in [1.165, 1.54) is 21.8 Å². The molecule has 1 aliphatic heterocycles. The minimum atomic E-state index is -4.57. The van der Waals surface area contributed by atoms with Crippen molar-refractivity contribution in [2.45, 2.75) is 39.2 Å². The summed E-state index contributed by atoms with van der Waals surface area (Å²) in [7, 11) is 0. The second-order valence-electron chi connectivity index (χ2n) is 7.51. The predicted molar refractivity (Wildman–Crippen MR) is 103 cm³/mol. The molecule has 4 rings (SSSR count). The third-order valence-corrected chi connectivity index (χ3v) is 5.48. The van der Waals surface area contributed by atoms with Crippen LogP contribution in [0.25, 0.3) is 10.9 Å². The fourth-order valence-corrected chi connectivity index (χ4v) is 3.57. The zero-order valence-corrected chi connectivity index (χ0v) is 16.7. The second-order valence-corrected chi connectivity index (χ2v) is 7.51. The van der Waals surface area contributed by atoms with Gasteiger partial charge in [-0.2, -0.15) is 18.3 Å². The Bertz CT molecular complexity index is 1180. The van der Waals surface area contributed by atoms with Gasteiger partial charge in [-0.15, -0.1) is 0 Å². The molecule has 0 radical (unpaired) electrons. The van der Waals surface area contributed by atoms with E-state index >= 15 is 0 Å². The second kappa shape index (κ2) is 7.40. The number of hydrogen-bond acceptors (Lipinski definition) is 3. The molecule has 2 amide bonds. The van der Waals surface area contributed by atoms with E-state index in [1.807, 2.05) is 5.32 Å². The Kier molecular flexibility index (Phi) is 4.98. The van der Waals surface area contributed by atoms with Crippen LogP contribution >= 0.6 is 0 Å². The third-order valence-electron chi connectivity index (χ3n) is 5.48. The summed E-state index contributed by atoms with van der Waals surface area (Å²) in [6, 6.07) is 2.41. The minimum absolute atomic E-state index is 0.00466. The summed E-state index contributed by atoms with van der Waals surface area (Å²) >= 11 is 0. The van der Waals surface area contributed by atoms with Crippen molar-refractivity contribution in [1.29, 1.82) is 0 Å². The highest BCUT2D eigenvalue weighted by Crippen LogP contribution is 2.25. The molecule has 0 bridgehead atoms. The number of halogens is 4. The van der Waals surface area contributed by atoms with E-state index in [-0.39, 0.29) is 36.1 Å². The van der Waals surface area contributed by atoms with Gasteiger partial charge in [-0.3, -0.25) is 14.3 Å². The number of carbonyl (C=O) groups excluding carboxylic acids is 2. The highest BCUT2D eigenvalue weighted by Gasteiger charge is 2.38. The Morgan fingerprint density at radius 1 is 1.26 bits per heavy atom. The summed E-state index contributed by atoms with van der Waals surface area (Å²) in [5.41, 5.74) is 1.63. The number of aromatic amines is 1. The van der Waals surface area contributed by atoms with Crippen molar-refractivity contribution >= 4 is 22.7 Å². The summed E-state index contributed by atoms with van der Waals surface area (Å²) in [4.78, 5) is 29.8. The first kappa shape index (κ1) is 20.9. The van der Waals surface area contributed by atoms with Gasteiger partial charge < -0.3 is 15.2 Å². The molecule has 0 saturated carbocycles. The molecule has 7 nitrogen and oxygen atoms in total. The molecule has 2 aromatic heterocycles. The van der Waals surface area contributed by atoms with Gasteiger partial charge in [-0.05, 0) is 37.6 Å². The lowest BCUT2D eigenvalue weighted by Crippen LogP contribution is -2.44. The van der Waals surface area contributed by atoms with Crippen LogP contribution in [0.3, 0.4) is 0 Å². The lowest BCUT2D eigenvalue weighted by Gasteiger charge is -2.28. The lowest BCUT2D eigenvalue weighted by atomic mass is 10.1. The van der Waals surface area contributed by atoms with Crippen molar-refractivity contribution in [1.82, 2.24) is 25.0 Å². The van der Waals surface area contributed by atoms with Crippen LogP contribution in [-0.2, 0) is 13.1 Å². The largest absolute Gasteiger partial charge is 0.408 e. The number of alkyl halides is 3. The van der Waals surface area contributed by atoms with Gasteiger partial charge in [0.2, 0.25) is 0 Å². The number of carbonyl (C=O) groups is 2. The van der Waals surface area contributed by atoms with Crippen LogP contribution in [0.1, 0.15) is 39.0 Å². The number of hydrogen-bond donors (Lipinski definition) is 2. The van der Waals surface area contributed by atoms with Crippen LogP contribution < -0.4 is 5.32 Å². The zero-order valence-electron chi connectivity index (χ0n) is 16.7. The number of amides is 2. The molecule has 1 aliphatic rings. The van der Waals surface area contributed by atoms with Gasteiger partial charge in [0.05, 0.1) is 30.5 Å². The molecule has 0 spiro atoms. The Hall–Kier alpha value is -3.37. The number of aromatic nitrogens is 3. The fourth-order valence-electron chi connectivity index (χ4n) is 3.57. The average molecular weight is 437 g/mol. The van der Waals surface area contributed by atoms with Crippen LogP contribution in [0.5, 0.6) is 0 Å². The van der Waals surface area contributed by atoms with Gasteiger partial charge >= 0.3 is 6.18 Å². The number of nitrogens with one attached hydrogen (secondary N) is 2. The third kappa shape index (κ3) is 3.75.